The highest BCUT2D eigenvalue weighted by molar-refractivity contribution is 7.22. The van der Waals surface area contributed by atoms with E-state index in [0.717, 1.165) is 39.2 Å². The molecule has 25 heavy (non-hydrogen) atoms. The Morgan fingerprint density at radius 3 is 2.64 bits per heavy atom. The molecule has 8 heteroatoms. The molecule has 0 atom stereocenters. The Morgan fingerprint density at radius 1 is 1.20 bits per heavy atom. The molecule has 6 nitrogen and oxygen atoms in total. The van der Waals surface area contributed by atoms with Gasteiger partial charge in [0.05, 0.1) is 10.2 Å². The Hall–Kier alpha value is -2.12. The van der Waals surface area contributed by atoms with Crippen molar-refractivity contribution in [3.63, 3.8) is 0 Å². The van der Waals surface area contributed by atoms with Crippen LogP contribution < -0.4 is 4.90 Å². The Balaban J connectivity index is 1.46. The molecule has 0 N–H and O–H groups in total. The largest absolute Gasteiger partial charge is 0.345 e. The number of carbonyl (C=O) groups excluding carboxylic acids is 1. The summed E-state index contributed by atoms with van der Waals surface area (Å²) < 4.78 is 2.82. The Morgan fingerprint density at radius 2 is 1.96 bits per heavy atom. The quantitative estimate of drug-likeness (QED) is 0.691. The van der Waals surface area contributed by atoms with Crippen LogP contribution in [0.3, 0.4) is 0 Å². The van der Waals surface area contributed by atoms with Gasteiger partial charge in [-0.1, -0.05) is 22.9 Å². The van der Waals surface area contributed by atoms with Crippen LogP contribution in [0.2, 0.25) is 5.02 Å². The SMILES string of the molecule is Cc1cc(C(=O)N2CCN(c3nc4ccc(Cl)cc4s3)CC2)nn1C. The number of fused-ring (bicyclic) bond motifs is 1. The second kappa shape index (κ2) is 6.31. The summed E-state index contributed by atoms with van der Waals surface area (Å²) in [7, 11) is 1.85. The van der Waals surface area contributed by atoms with E-state index in [4.69, 9.17) is 11.6 Å². The standard InChI is InChI=1S/C17H18ClN5OS/c1-11-9-14(20-21(11)2)16(24)22-5-7-23(8-6-22)17-19-13-4-3-12(18)10-15(13)25-17/h3-4,9-10H,5-8H2,1-2H3. The van der Waals surface area contributed by atoms with Gasteiger partial charge in [-0.25, -0.2) is 4.98 Å². The molecule has 0 saturated carbocycles. The molecule has 1 aliphatic heterocycles. The summed E-state index contributed by atoms with van der Waals surface area (Å²) in [4.78, 5) is 21.4. The van der Waals surface area contributed by atoms with E-state index in [9.17, 15) is 4.79 Å². The summed E-state index contributed by atoms with van der Waals surface area (Å²) in [6, 6.07) is 7.59. The van der Waals surface area contributed by atoms with E-state index in [1.807, 2.05) is 43.1 Å². The van der Waals surface area contributed by atoms with E-state index in [2.05, 4.69) is 15.0 Å². The van der Waals surface area contributed by atoms with Crippen molar-refractivity contribution in [2.45, 2.75) is 6.92 Å². The van der Waals surface area contributed by atoms with E-state index in [1.165, 1.54) is 0 Å². The molecule has 1 saturated heterocycles. The van der Waals surface area contributed by atoms with Crippen LogP contribution in [0.4, 0.5) is 5.13 Å². The van der Waals surface area contributed by atoms with Crippen molar-refractivity contribution >= 4 is 44.2 Å². The number of carbonyl (C=O) groups is 1. The molecule has 130 valence electrons. The molecule has 1 fully saturated rings. The lowest BCUT2D eigenvalue weighted by molar-refractivity contribution is 0.0740. The number of benzene rings is 1. The number of halogens is 1. The zero-order valence-corrected chi connectivity index (χ0v) is 15.6. The first-order valence-corrected chi connectivity index (χ1v) is 9.31. The lowest BCUT2D eigenvalue weighted by atomic mass is 10.2. The molecular weight excluding hydrogens is 358 g/mol. The number of aryl methyl sites for hydroxylation is 2. The van der Waals surface area contributed by atoms with Crippen LogP contribution in [0.5, 0.6) is 0 Å². The number of rotatable bonds is 2. The maximum Gasteiger partial charge on any atom is 0.274 e. The summed E-state index contributed by atoms with van der Waals surface area (Å²) in [6.07, 6.45) is 0. The lowest BCUT2D eigenvalue weighted by Crippen LogP contribution is -2.48. The van der Waals surface area contributed by atoms with Gasteiger partial charge >= 0.3 is 0 Å². The highest BCUT2D eigenvalue weighted by atomic mass is 35.5. The molecule has 2 aromatic heterocycles. The van der Waals surface area contributed by atoms with Crippen LogP contribution in [-0.4, -0.2) is 51.8 Å². The van der Waals surface area contributed by atoms with E-state index >= 15 is 0 Å². The third-order valence-electron chi connectivity index (χ3n) is 4.51. The van der Waals surface area contributed by atoms with Crippen LogP contribution in [0.25, 0.3) is 10.2 Å². The minimum Gasteiger partial charge on any atom is -0.345 e. The first-order valence-electron chi connectivity index (χ1n) is 8.12. The van der Waals surface area contributed by atoms with Crippen molar-refractivity contribution in [1.82, 2.24) is 19.7 Å². The van der Waals surface area contributed by atoms with Gasteiger partial charge in [0.2, 0.25) is 0 Å². The zero-order valence-electron chi connectivity index (χ0n) is 14.1. The van der Waals surface area contributed by atoms with Crippen LogP contribution >= 0.6 is 22.9 Å². The van der Waals surface area contributed by atoms with Gasteiger partial charge in [0.1, 0.15) is 0 Å². The molecule has 1 aliphatic rings. The number of thiazole rings is 1. The van der Waals surface area contributed by atoms with Crippen molar-refractivity contribution in [2.75, 3.05) is 31.1 Å². The molecule has 0 aliphatic carbocycles. The Labute approximate surface area is 154 Å². The molecular formula is C17H18ClN5OS. The highest BCUT2D eigenvalue weighted by Gasteiger charge is 2.25. The fraction of sp³-hybridized carbons (Fsp3) is 0.353. The average molecular weight is 376 g/mol. The van der Waals surface area contributed by atoms with E-state index in [-0.39, 0.29) is 5.91 Å². The van der Waals surface area contributed by atoms with Crippen LogP contribution in [0, 0.1) is 6.92 Å². The molecule has 3 aromatic rings. The molecule has 4 rings (SSSR count). The van der Waals surface area contributed by atoms with E-state index < -0.39 is 0 Å². The van der Waals surface area contributed by atoms with Gasteiger partial charge in [0, 0.05) is 43.9 Å². The number of aromatic nitrogens is 3. The zero-order chi connectivity index (χ0) is 17.6. The number of hydrogen-bond acceptors (Lipinski definition) is 5. The van der Waals surface area contributed by atoms with Gasteiger partial charge in [-0.15, -0.1) is 0 Å². The van der Waals surface area contributed by atoms with E-state index in [0.29, 0.717) is 18.8 Å². The number of nitrogens with zero attached hydrogens (tertiary/aromatic N) is 5. The third kappa shape index (κ3) is 3.09. The molecule has 0 bridgehead atoms. The number of amides is 1. The predicted octanol–water partition coefficient (Wildman–Crippen LogP) is 2.95. The van der Waals surface area contributed by atoms with Crippen LogP contribution in [-0.2, 0) is 7.05 Å². The van der Waals surface area contributed by atoms with Crippen molar-refractivity contribution in [1.29, 1.82) is 0 Å². The maximum absolute atomic E-state index is 12.6. The monoisotopic (exact) mass is 375 g/mol. The molecule has 3 heterocycles. The van der Waals surface area contributed by atoms with Gasteiger partial charge in [0.15, 0.2) is 10.8 Å². The van der Waals surface area contributed by atoms with Gasteiger partial charge in [-0.3, -0.25) is 9.48 Å². The minimum atomic E-state index is -0.000526. The topological polar surface area (TPSA) is 54.3 Å². The first-order chi connectivity index (χ1) is 12.0. The summed E-state index contributed by atoms with van der Waals surface area (Å²) in [5, 5.41) is 6.00. The normalized spacial score (nSPS) is 15.2. The molecule has 1 aromatic carbocycles. The van der Waals surface area contributed by atoms with Crippen LogP contribution in [0.15, 0.2) is 24.3 Å². The van der Waals surface area contributed by atoms with E-state index in [1.54, 1.807) is 16.0 Å². The van der Waals surface area contributed by atoms with Crippen molar-refractivity contribution in [2.24, 2.45) is 7.05 Å². The third-order valence-corrected chi connectivity index (χ3v) is 5.82. The number of hydrogen-bond donors (Lipinski definition) is 0. The van der Waals surface area contributed by atoms with Gasteiger partial charge in [-0.05, 0) is 31.2 Å². The average Bonchev–Trinajstić information content (AvgIpc) is 3.17. The van der Waals surface area contributed by atoms with Crippen molar-refractivity contribution in [3.05, 3.63) is 40.7 Å². The second-order valence-corrected chi connectivity index (χ2v) is 7.63. The van der Waals surface area contributed by atoms with Crippen molar-refractivity contribution in [3.8, 4) is 0 Å². The van der Waals surface area contributed by atoms with Crippen LogP contribution in [0.1, 0.15) is 16.2 Å². The first kappa shape index (κ1) is 16.4. The fourth-order valence-corrected chi connectivity index (χ4v) is 4.24. The lowest BCUT2D eigenvalue weighted by Gasteiger charge is -2.34. The van der Waals surface area contributed by atoms with Gasteiger partial charge in [0.25, 0.3) is 5.91 Å². The highest BCUT2D eigenvalue weighted by Crippen LogP contribution is 2.31. The molecule has 1 amide bonds. The van der Waals surface area contributed by atoms with Gasteiger partial charge in [-0.2, -0.15) is 5.10 Å². The Bertz CT molecular complexity index is 922. The molecule has 0 radical (unpaired) electrons. The number of anilines is 1. The Kier molecular flexibility index (Phi) is 4.13. The second-order valence-electron chi connectivity index (χ2n) is 6.18. The molecule has 0 spiro atoms. The summed E-state index contributed by atoms with van der Waals surface area (Å²) >= 11 is 7.69. The summed E-state index contributed by atoms with van der Waals surface area (Å²) in [5.41, 5.74) is 2.46. The maximum atomic E-state index is 12.6. The minimum absolute atomic E-state index is 0.000526. The fourth-order valence-electron chi connectivity index (χ4n) is 2.95. The summed E-state index contributed by atoms with van der Waals surface area (Å²) in [6.45, 7) is 4.83. The number of piperazine rings is 1. The molecule has 0 unspecified atom stereocenters. The smallest absolute Gasteiger partial charge is 0.274 e. The summed E-state index contributed by atoms with van der Waals surface area (Å²) in [5.74, 6) is -0.000526. The van der Waals surface area contributed by atoms with Crippen molar-refractivity contribution < 1.29 is 4.79 Å². The van der Waals surface area contributed by atoms with Gasteiger partial charge < -0.3 is 9.80 Å². The predicted molar refractivity (Wildman–Crippen MR) is 101 cm³/mol.